The molecule has 0 saturated heterocycles. The maximum atomic E-state index is 11.3. The first-order valence-electron chi connectivity index (χ1n) is 24.6. The Morgan fingerprint density at radius 3 is 1.49 bits per heavy atom. The highest BCUT2D eigenvalue weighted by atomic mass is 16.5. The summed E-state index contributed by atoms with van der Waals surface area (Å²) < 4.78 is 29.2. The van der Waals surface area contributed by atoms with Crippen LogP contribution in [0.4, 0.5) is 9.59 Å². The maximum Gasteiger partial charge on any atom is 0.407 e. The van der Waals surface area contributed by atoms with E-state index in [2.05, 4.69) is 86.3 Å². The first-order chi connectivity index (χ1) is 31.5. The molecule has 0 aliphatic carbocycles. The fourth-order valence-electron chi connectivity index (χ4n) is 5.61. The van der Waals surface area contributed by atoms with E-state index in [-0.39, 0.29) is 35.4 Å². The van der Waals surface area contributed by atoms with E-state index in [0.29, 0.717) is 43.1 Å². The smallest absolute Gasteiger partial charge is 0.407 e. The quantitative estimate of drug-likeness (QED) is 0.0880. The van der Waals surface area contributed by atoms with E-state index in [9.17, 15) is 19.2 Å². The summed E-state index contributed by atoms with van der Waals surface area (Å²) in [4.78, 5) is 43.2. The van der Waals surface area contributed by atoms with Gasteiger partial charge in [0.25, 0.3) is 0 Å². The van der Waals surface area contributed by atoms with Gasteiger partial charge >= 0.3 is 24.1 Å². The minimum absolute atomic E-state index is 0.00324. The average molecular weight is 968 g/mol. The minimum atomic E-state index is -0.521. The molecule has 0 saturated carbocycles. The standard InChI is InChI=1S/C17H26O2.C9H18N2O4.C9H12O.C6H15N.C6H12O2.C4H10O.2C2H6/c1-11(2)10-17(6,7)16-13(4)8-12(3)9-15(16)19-14(5)18;1-6(2)7(11-9(13)15-4)5-10-8(12)14-3;1-8(2)10-9-6-4-3-5-7-9;1-4-6(7)5(2)3;1-5(2)4-8-6(3)7;1-4(2)5-3;2*1-2/h8-9,11H,10H2,1-7H3;6-7H,5H2,1-4H3,(H,10,12)(H,11,13);3-8H,1-2H3;5-6H,4,7H2,1-3H3;5H,4H2,1-3H3;4H,1-3H3;2*1-2H3. The Morgan fingerprint density at radius 1 is 0.691 bits per heavy atom. The Morgan fingerprint density at radius 2 is 1.18 bits per heavy atom. The predicted octanol–water partition coefficient (Wildman–Crippen LogP) is 13.4. The Balaban J connectivity index is -0.000000176. The number of nitrogens with two attached hydrogens (primary N) is 1. The molecule has 400 valence electrons. The number of amides is 2. The molecule has 68 heavy (non-hydrogen) atoms. The fraction of sp³-hybridized carbons (Fsp3) is 0.709. The SMILES string of the molecule is CC.CC.CC(=O)OCC(C)C.CC(=O)Oc1cc(C)cc(C)c1C(C)(C)CC(C)C.CC(C)Oc1ccccc1.CCC(N)C(C)C.COC(=O)NCC(NC(=O)OC)C(C)C.COC(C)C. The van der Waals surface area contributed by atoms with Crippen molar-refractivity contribution in [1.82, 2.24) is 10.6 Å². The third kappa shape index (κ3) is 48.1. The fourth-order valence-corrected chi connectivity index (χ4v) is 5.61. The van der Waals surface area contributed by atoms with Crippen LogP contribution in [0.3, 0.4) is 0 Å². The zero-order valence-electron chi connectivity index (χ0n) is 48.1. The second-order valence-corrected chi connectivity index (χ2v) is 18.2. The number of aryl methyl sites for hydroxylation is 2. The first kappa shape index (κ1) is 75.2. The predicted molar refractivity (Wildman–Crippen MR) is 286 cm³/mol. The largest absolute Gasteiger partial charge is 0.491 e. The van der Waals surface area contributed by atoms with Gasteiger partial charge in [0.05, 0.1) is 39.1 Å². The normalized spacial score (nSPS) is 10.9. The van der Waals surface area contributed by atoms with E-state index in [4.69, 9.17) is 19.9 Å². The molecule has 0 aliphatic heterocycles. The lowest BCUT2D eigenvalue weighted by atomic mass is 9.75. The highest BCUT2D eigenvalue weighted by Crippen LogP contribution is 2.39. The van der Waals surface area contributed by atoms with E-state index in [1.165, 1.54) is 33.6 Å². The maximum absolute atomic E-state index is 11.3. The van der Waals surface area contributed by atoms with Crippen LogP contribution < -0.4 is 25.8 Å². The number of para-hydroxylation sites is 1. The number of esters is 2. The van der Waals surface area contributed by atoms with Gasteiger partial charge in [-0.25, -0.2) is 9.59 Å². The third-order valence-corrected chi connectivity index (χ3v) is 8.77. The molecule has 2 aromatic carbocycles. The zero-order chi connectivity index (χ0) is 54.7. The van der Waals surface area contributed by atoms with Crippen LogP contribution in [0.2, 0.25) is 0 Å². The number of carbonyl (C=O) groups excluding carboxylic acids is 4. The average Bonchev–Trinajstić information content (AvgIpc) is 3.25. The van der Waals surface area contributed by atoms with Crippen molar-refractivity contribution in [2.45, 2.75) is 202 Å². The molecule has 13 nitrogen and oxygen atoms in total. The molecule has 0 spiro atoms. The number of ether oxygens (including phenoxy) is 6. The molecule has 2 rings (SSSR count). The van der Waals surface area contributed by atoms with E-state index in [1.807, 2.05) is 126 Å². The van der Waals surface area contributed by atoms with Crippen molar-refractivity contribution in [2.75, 3.05) is 34.5 Å². The second-order valence-electron chi connectivity index (χ2n) is 18.2. The van der Waals surface area contributed by atoms with Gasteiger partial charge in [0.1, 0.15) is 11.5 Å². The van der Waals surface area contributed by atoms with Gasteiger partial charge in [0, 0.05) is 39.1 Å². The van der Waals surface area contributed by atoms with Crippen molar-refractivity contribution in [2.24, 2.45) is 29.4 Å². The van der Waals surface area contributed by atoms with Gasteiger partial charge < -0.3 is 44.8 Å². The van der Waals surface area contributed by atoms with Crippen molar-refractivity contribution in [1.29, 1.82) is 0 Å². The van der Waals surface area contributed by atoms with Crippen LogP contribution in [-0.4, -0.2) is 82.9 Å². The molecule has 2 amide bonds. The Labute approximate surface area is 417 Å². The summed E-state index contributed by atoms with van der Waals surface area (Å²) in [6.45, 7) is 47.0. The van der Waals surface area contributed by atoms with Crippen molar-refractivity contribution in [3.05, 3.63) is 59.2 Å². The Hall–Kier alpha value is -4.36. The lowest BCUT2D eigenvalue weighted by Crippen LogP contribution is -2.46. The minimum Gasteiger partial charge on any atom is -0.491 e. The second kappa shape index (κ2) is 46.4. The summed E-state index contributed by atoms with van der Waals surface area (Å²) in [6, 6.07) is 14.2. The molecule has 2 atom stereocenters. The van der Waals surface area contributed by atoms with Crippen LogP contribution in [0, 0.1) is 37.5 Å². The van der Waals surface area contributed by atoms with Gasteiger partial charge in [-0.2, -0.15) is 0 Å². The molecule has 0 aromatic heterocycles. The summed E-state index contributed by atoms with van der Waals surface area (Å²) in [5.41, 5.74) is 9.09. The molecule has 2 unspecified atom stereocenters. The Bertz CT molecular complexity index is 1510. The summed E-state index contributed by atoms with van der Waals surface area (Å²) in [5.74, 6) is 3.07. The van der Waals surface area contributed by atoms with Gasteiger partial charge in [-0.1, -0.05) is 128 Å². The van der Waals surface area contributed by atoms with Crippen LogP contribution >= 0.6 is 0 Å². The van der Waals surface area contributed by atoms with Crippen LogP contribution in [0.1, 0.15) is 175 Å². The van der Waals surface area contributed by atoms with E-state index in [0.717, 1.165) is 35.5 Å². The van der Waals surface area contributed by atoms with Gasteiger partial charge in [0.15, 0.2) is 0 Å². The van der Waals surface area contributed by atoms with E-state index < -0.39 is 12.2 Å². The molecule has 0 heterocycles. The van der Waals surface area contributed by atoms with Gasteiger partial charge in [0.2, 0.25) is 0 Å². The number of methoxy groups -OCH3 is 3. The topological polar surface area (TPSA) is 174 Å². The number of hydrogen-bond donors (Lipinski definition) is 3. The molecule has 0 aliphatic rings. The van der Waals surface area contributed by atoms with Crippen LogP contribution in [-0.2, 0) is 34.0 Å². The zero-order valence-corrected chi connectivity index (χ0v) is 48.1. The highest BCUT2D eigenvalue weighted by molar-refractivity contribution is 5.70. The number of alkyl carbamates (subject to hydrolysis) is 2. The van der Waals surface area contributed by atoms with E-state index >= 15 is 0 Å². The summed E-state index contributed by atoms with van der Waals surface area (Å²) in [5, 5.41) is 5.13. The molecule has 4 N–H and O–H groups in total. The summed E-state index contributed by atoms with van der Waals surface area (Å²) >= 11 is 0. The number of benzene rings is 2. The van der Waals surface area contributed by atoms with Gasteiger partial charge in [-0.15, -0.1) is 0 Å². The van der Waals surface area contributed by atoms with Crippen molar-refractivity contribution < 1.29 is 47.6 Å². The summed E-state index contributed by atoms with van der Waals surface area (Å²) in [6.07, 6.45) is 1.77. The molecule has 13 heteroatoms. The third-order valence-electron chi connectivity index (χ3n) is 8.77. The number of carbonyl (C=O) groups is 4. The van der Waals surface area contributed by atoms with Gasteiger partial charge in [-0.3, -0.25) is 9.59 Å². The first-order valence-corrected chi connectivity index (χ1v) is 24.6. The van der Waals surface area contributed by atoms with Crippen LogP contribution in [0.25, 0.3) is 0 Å². The Kier molecular flexibility index (Phi) is 51.3. The molecule has 2 aromatic rings. The van der Waals surface area contributed by atoms with Crippen molar-refractivity contribution in [3.8, 4) is 11.5 Å². The van der Waals surface area contributed by atoms with Gasteiger partial charge in [-0.05, 0) is 113 Å². The van der Waals surface area contributed by atoms with Crippen LogP contribution in [0.15, 0.2) is 42.5 Å². The van der Waals surface area contributed by atoms with Crippen molar-refractivity contribution in [3.63, 3.8) is 0 Å². The molecule has 0 fully saturated rings. The number of rotatable bonds is 15. The highest BCUT2D eigenvalue weighted by Gasteiger charge is 2.28. The number of nitrogens with one attached hydrogen (secondary N) is 2. The number of hydrogen-bond acceptors (Lipinski definition) is 11. The molecule has 0 bridgehead atoms. The molecular formula is C55H105N3O10. The van der Waals surface area contributed by atoms with Crippen molar-refractivity contribution >= 4 is 24.1 Å². The molecule has 0 radical (unpaired) electrons. The molecular weight excluding hydrogens is 863 g/mol. The van der Waals surface area contributed by atoms with Crippen LogP contribution in [0.5, 0.6) is 11.5 Å². The summed E-state index contributed by atoms with van der Waals surface area (Å²) in [7, 11) is 4.28. The monoisotopic (exact) mass is 968 g/mol. The lowest BCUT2D eigenvalue weighted by molar-refractivity contribution is -0.142. The van der Waals surface area contributed by atoms with E-state index in [1.54, 1.807) is 7.11 Å². The lowest BCUT2D eigenvalue weighted by Gasteiger charge is -2.31.